The third-order valence-corrected chi connectivity index (χ3v) is 6.06. The molecule has 0 spiro atoms. The van der Waals surface area contributed by atoms with Crippen LogP contribution in [0.15, 0.2) is 78.9 Å². The number of halogens is 1. The second-order valence-electron chi connectivity index (χ2n) is 7.55. The van der Waals surface area contributed by atoms with Crippen LogP contribution >= 0.6 is 22.6 Å². The van der Waals surface area contributed by atoms with Crippen molar-refractivity contribution in [3.8, 4) is 0 Å². The molecule has 156 valence electrons. The van der Waals surface area contributed by atoms with E-state index in [0.29, 0.717) is 11.3 Å². The number of anilines is 1. The molecule has 0 N–H and O–H groups in total. The number of carbonyl (C=O) groups excluding carboxylic acids is 3. The van der Waals surface area contributed by atoms with Gasteiger partial charge >= 0.3 is 0 Å². The lowest BCUT2D eigenvalue weighted by Gasteiger charge is -2.28. The van der Waals surface area contributed by atoms with Gasteiger partial charge in [-0.2, -0.15) is 0 Å². The summed E-state index contributed by atoms with van der Waals surface area (Å²) in [5.41, 5.74) is 2.97. The van der Waals surface area contributed by atoms with Crippen molar-refractivity contribution in [1.29, 1.82) is 0 Å². The van der Waals surface area contributed by atoms with Crippen molar-refractivity contribution in [2.24, 2.45) is 0 Å². The smallest absolute Gasteiger partial charge is 0.257 e. The zero-order chi connectivity index (χ0) is 22.0. The minimum absolute atomic E-state index is 0.0325. The summed E-state index contributed by atoms with van der Waals surface area (Å²) < 4.78 is 1.01. The first-order chi connectivity index (χ1) is 14.9. The van der Waals surface area contributed by atoms with E-state index in [4.69, 9.17) is 0 Å². The number of carbonyl (C=O) groups is 3. The van der Waals surface area contributed by atoms with Gasteiger partial charge in [-0.25, -0.2) is 4.90 Å². The summed E-state index contributed by atoms with van der Waals surface area (Å²) in [6, 6.07) is 23.1. The summed E-state index contributed by atoms with van der Waals surface area (Å²) in [5, 5.41) is 0. The van der Waals surface area contributed by atoms with Crippen LogP contribution in [-0.4, -0.2) is 28.7 Å². The van der Waals surface area contributed by atoms with E-state index < -0.39 is 6.04 Å². The monoisotopic (exact) mass is 524 g/mol. The molecule has 1 aliphatic heterocycles. The largest absolute Gasteiger partial charge is 0.322 e. The third-order valence-electron chi connectivity index (χ3n) is 5.34. The molecule has 31 heavy (non-hydrogen) atoms. The Morgan fingerprint density at radius 1 is 0.968 bits per heavy atom. The Kier molecular flexibility index (Phi) is 6.18. The van der Waals surface area contributed by atoms with E-state index >= 15 is 0 Å². The molecule has 0 radical (unpaired) electrons. The van der Waals surface area contributed by atoms with E-state index in [2.05, 4.69) is 22.6 Å². The van der Waals surface area contributed by atoms with E-state index in [-0.39, 0.29) is 30.7 Å². The standard InChI is InChI=1S/C25H21IN2O3/c1-17-7-9-19(10-8-17)24(30)27(16-18-5-3-2-4-6-18)22-15-23(29)28(25(22)31)21-13-11-20(26)12-14-21/h2-14,22H,15-16H2,1H3. The van der Waals surface area contributed by atoms with Gasteiger partial charge in [0, 0.05) is 15.7 Å². The Balaban J connectivity index is 1.68. The SMILES string of the molecule is Cc1ccc(C(=O)N(Cc2ccccc2)C2CC(=O)N(c3ccc(I)cc3)C2=O)cc1. The highest BCUT2D eigenvalue weighted by Gasteiger charge is 2.44. The van der Waals surface area contributed by atoms with Crippen molar-refractivity contribution in [2.45, 2.75) is 25.9 Å². The summed E-state index contributed by atoms with van der Waals surface area (Å²) >= 11 is 2.17. The number of rotatable bonds is 5. The van der Waals surface area contributed by atoms with Gasteiger partial charge in [-0.3, -0.25) is 14.4 Å². The molecule has 0 bridgehead atoms. The Bertz CT molecular complexity index is 1110. The maximum absolute atomic E-state index is 13.4. The molecular weight excluding hydrogens is 503 g/mol. The van der Waals surface area contributed by atoms with Crippen LogP contribution in [0.3, 0.4) is 0 Å². The molecule has 1 unspecified atom stereocenters. The minimum atomic E-state index is -0.846. The van der Waals surface area contributed by atoms with E-state index in [9.17, 15) is 14.4 Å². The lowest BCUT2D eigenvalue weighted by Crippen LogP contribution is -2.45. The first-order valence-corrected chi connectivity index (χ1v) is 11.1. The van der Waals surface area contributed by atoms with Crippen molar-refractivity contribution in [3.63, 3.8) is 0 Å². The molecule has 5 nitrogen and oxygen atoms in total. The second-order valence-corrected chi connectivity index (χ2v) is 8.79. The van der Waals surface area contributed by atoms with Gasteiger partial charge in [0.1, 0.15) is 6.04 Å². The highest BCUT2D eigenvalue weighted by Crippen LogP contribution is 2.28. The van der Waals surface area contributed by atoms with Crippen LogP contribution in [0, 0.1) is 10.5 Å². The molecule has 4 rings (SSSR count). The Labute approximate surface area is 194 Å². The van der Waals surface area contributed by atoms with Gasteiger partial charge < -0.3 is 4.90 Å². The van der Waals surface area contributed by atoms with Crippen LogP contribution in [0.2, 0.25) is 0 Å². The van der Waals surface area contributed by atoms with Crippen molar-refractivity contribution in [3.05, 3.63) is 99.1 Å². The summed E-state index contributed by atoms with van der Waals surface area (Å²) in [4.78, 5) is 42.3. The van der Waals surface area contributed by atoms with Crippen molar-refractivity contribution >= 4 is 46.0 Å². The zero-order valence-electron chi connectivity index (χ0n) is 17.0. The summed E-state index contributed by atoms with van der Waals surface area (Å²) in [6.45, 7) is 2.20. The molecule has 1 saturated heterocycles. The Morgan fingerprint density at radius 2 is 1.61 bits per heavy atom. The normalized spacial score (nSPS) is 15.9. The Hall–Kier alpha value is -3.00. The van der Waals surface area contributed by atoms with E-state index in [1.54, 1.807) is 24.3 Å². The van der Waals surface area contributed by atoms with Crippen LogP contribution in [0.1, 0.15) is 27.9 Å². The van der Waals surface area contributed by atoms with Gasteiger partial charge in [0.15, 0.2) is 0 Å². The zero-order valence-corrected chi connectivity index (χ0v) is 19.2. The molecule has 3 aromatic carbocycles. The van der Waals surface area contributed by atoms with Crippen molar-refractivity contribution in [1.82, 2.24) is 4.90 Å². The quantitative estimate of drug-likeness (QED) is 0.363. The van der Waals surface area contributed by atoms with E-state index in [1.165, 1.54) is 9.80 Å². The summed E-state index contributed by atoms with van der Waals surface area (Å²) in [5.74, 6) is -0.937. The number of hydrogen-bond donors (Lipinski definition) is 0. The first-order valence-electron chi connectivity index (χ1n) is 9.98. The summed E-state index contributed by atoms with van der Waals surface area (Å²) in [7, 11) is 0. The van der Waals surface area contributed by atoms with Crippen LogP contribution in [0.5, 0.6) is 0 Å². The number of imide groups is 1. The molecule has 3 aromatic rings. The fourth-order valence-corrected chi connectivity index (χ4v) is 4.05. The predicted molar refractivity (Wildman–Crippen MR) is 128 cm³/mol. The second kappa shape index (κ2) is 9.01. The first kappa shape index (κ1) is 21.2. The maximum Gasteiger partial charge on any atom is 0.257 e. The molecule has 0 aliphatic carbocycles. The molecule has 1 fully saturated rings. The van der Waals surface area contributed by atoms with Crippen molar-refractivity contribution < 1.29 is 14.4 Å². The van der Waals surface area contributed by atoms with Gasteiger partial charge in [-0.05, 0) is 71.5 Å². The fraction of sp³-hybridized carbons (Fsp3) is 0.160. The van der Waals surface area contributed by atoms with Gasteiger partial charge in [0.2, 0.25) is 5.91 Å². The highest BCUT2D eigenvalue weighted by atomic mass is 127. The summed E-state index contributed by atoms with van der Waals surface area (Å²) in [6.07, 6.45) is -0.0325. The fourth-order valence-electron chi connectivity index (χ4n) is 3.69. The minimum Gasteiger partial charge on any atom is -0.322 e. The third kappa shape index (κ3) is 4.54. The van der Waals surface area contributed by atoms with E-state index in [0.717, 1.165) is 14.7 Å². The van der Waals surface area contributed by atoms with Gasteiger partial charge in [-0.15, -0.1) is 0 Å². The van der Waals surface area contributed by atoms with Crippen LogP contribution in [-0.2, 0) is 16.1 Å². The molecule has 6 heteroatoms. The van der Waals surface area contributed by atoms with Gasteiger partial charge in [0.25, 0.3) is 11.8 Å². The number of benzene rings is 3. The molecule has 1 aliphatic rings. The number of nitrogens with zero attached hydrogens (tertiary/aromatic N) is 2. The molecule has 0 aromatic heterocycles. The van der Waals surface area contributed by atoms with Crippen LogP contribution in [0.4, 0.5) is 5.69 Å². The Morgan fingerprint density at radius 3 is 2.26 bits per heavy atom. The average molecular weight is 524 g/mol. The maximum atomic E-state index is 13.4. The molecule has 0 saturated carbocycles. The molecule has 1 heterocycles. The topological polar surface area (TPSA) is 57.7 Å². The average Bonchev–Trinajstić information content (AvgIpc) is 3.07. The number of amides is 3. The lowest BCUT2D eigenvalue weighted by molar-refractivity contribution is -0.122. The number of aryl methyl sites for hydroxylation is 1. The van der Waals surface area contributed by atoms with Gasteiger partial charge in [0.05, 0.1) is 12.1 Å². The molecule has 1 atom stereocenters. The lowest BCUT2D eigenvalue weighted by atomic mass is 10.1. The molecular formula is C25H21IN2O3. The van der Waals surface area contributed by atoms with E-state index in [1.807, 2.05) is 61.5 Å². The van der Waals surface area contributed by atoms with Crippen molar-refractivity contribution in [2.75, 3.05) is 4.90 Å². The molecule has 3 amide bonds. The predicted octanol–water partition coefficient (Wildman–Crippen LogP) is 4.57. The highest BCUT2D eigenvalue weighted by molar-refractivity contribution is 14.1. The van der Waals surface area contributed by atoms with Gasteiger partial charge in [-0.1, -0.05) is 48.0 Å². The number of hydrogen-bond acceptors (Lipinski definition) is 3. The van der Waals surface area contributed by atoms with Crippen LogP contribution in [0.25, 0.3) is 0 Å². The van der Waals surface area contributed by atoms with Crippen LogP contribution < -0.4 is 4.90 Å².